The van der Waals surface area contributed by atoms with E-state index >= 15 is 0 Å². The third kappa shape index (κ3) is 74.1. The van der Waals surface area contributed by atoms with Crippen molar-refractivity contribution in [3.05, 3.63) is 0 Å². The minimum Gasteiger partial charge on any atom is -0.462 e. The predicted molar refractivity (Wildman–Crippen MR) is 405 cm³/mol. The molecule has 0 aliphatic carbocycles. The van der Waals surface area contributed by atoms with Gasteiger partial charge >= 0.3 is 39.5 Å². The van der Waals surface area contributed by atoms with Crippen molar-refractivity contribution in [2.24, 2.45) is 5.92 Å². The number of ether oxygens (including phenoxy) is 4. The Balaban J connectivity index is 5.19. The molecule has 0 bridgehead atoms. The highest BCUT2D eigenvalue weighted by Gasteiger charge is 2.30. The van der Waals surface area contributed by atoms with Crippen LogP contribution in [0.1, 0.15) is 426 Å². The third-order valence-electron chi connectivity index (χ3n) is 18.8. The van der Waals surface area contributed by atoms with Gasteiger partial charge in [0, 0.05) is 25.7 Å². The first-order valence-corrected chi connectivity index (χ1v) is 44.6. The number of hydrogen-bond donors (Lipinski definition) is 3. The second kappa shape index (κ2) is 73.0. The van der Waals surface area contributed by atoms with Gasteiger partial charge in [-0.2, -0.15) is 0 Å². The van der Waals surface area contributed by atoms with Crippen molar-refractivity contribution in [2.75, 3.05) is 39.6 Å². The van der Waals surface area contributed by atoms with Crippen LogP contribution in [0.25, 0.3) is 0 Å². The zero-order valence-corrected chi connectivity index (χ0v) is 66.4. The summed E-state index contributed by atoms with van der Waals surface area (Å²) >= 11 is 0. The molecule has 0 radical (unpaired) electrons. The molecule has 0 rings (SSSR count). The predicted octanol–water partition coefficient (Wildman–Crippen LogP) is 24.0. The number of aliphatic hydroxyl groups is 1. The van der Waals surface area contributed by atoms with E-state index in [2.05, 4.69) is 34.6 Å². The number of unbranched alkanes of at least 4 members (excludes halogenated alkanes) is 52. The van der Waals surface area contributed by atoms with E-state index in [9.17, 15) is 43.2 Å². The van der Waals surface area contributed by atoms with Crippen LogP contribution in [0.3, 0.4) is 0 Å². The molecular weight excluding hydrogens is 1290 g/mol. The molecule has 0 saturated heterocycles. The number of esters is 4. The number of hydrogen-bond acceptors (Lipinski definition) is 15. The first-order chi connectivity index (χ1) is 48.0. The van der Waals surface area contributed by atoms with Gasteiger partial charge in [0.15, 0.2) is 12.2 Å². The van der Waals surface area contributed by atoms with Gasteiger partial charge in [0.05, 0.1) is 26.4 Å². The topological polar surface area (TPSA) is 237 Å². The smallest absolute Gasteiger partial charge is 0.462 e. The Labute approximate surface area is 607 Å². The molecule has 3 N–H and O–H groups in total. The Bertz CT molecular complexity index is 1890. The molecule has 0 aromatic heterocycles. The van der Waals surface area contributed by atoms with E-state index in [1.165, 1.54) is 250 Å². The van der Waals surface area contributed by atoms with Crippen molar-refractivity contribution < 1.29 is 80.2 Å². The summed E-state index contributed by atoms with van der Waals surface area (Å²) in [5, 5.41) is 10.6. The summed E-state index contributed by atoms with van der Waals surface area (Å²) in [6, 6.07) is 0. The highest BCUT2D eigenvalue weighted by Crippen LogP contribution is 2.45. The maximum atomic E-state index is 13.1. The summed E-state index contributed by atoms with van der Waals surface area (Å²) in [6.45, 7) is 7.27. The molecular formula is C80H156O17P2. The second-order valence-electron chi connectivity index (χ2n) is 29.3. The lowest BCUT2D eigenvalue weighted by Crippen LogP contribution is -2.30. The summed E-state index contributed by atoms with van der Waals surface area (Å²) in [5.41, 5.74) is 0. The SMILES string of the molecule is CCCCCCCCCCCCCCCCCCCCCCCCC(=O)O[C@H](COC(=O)CCCCCCCCCCCCCCCCCC)COP(=O)(O)OC[C@@H](O)COP(=O)(O)OC[C@@H](COC(=O)CCCCCCCCCCCC)OC(=O)CCCCCCCCCCC(C)C. The van der Waals surface area contributed by atoms with Crippen LogP contribution >= 0.6 is 15.6 Å². The van der Waals surface area contributed by atoms with Gasteiger partial charge in [0.25, 0.3) is 0 Å². The largest absolute Gasteiger partial charge is 0.472 e. The Hall–Kier alpha value is -1.94. The zero-order chi connectivity index (χ0) is 72.7. The van der Waals surface area contributed by atoms with E-state index in [0.717, 1.165) is 95.8 Å². The maximum absolute atomic E-state index is 13.1. The van der Waals surface area contributed by atoms with E-state index in [-0.39, 0.29) is 25.7 Å². The molecule has 0 saturated carbocycles. The number of carbonyl (C=O) groups excluding carboxylic acids is 4. The van der Waals surface area contributed by atoms with Crippen molar-refractivity contribution in [2.45, 2.75) is 445 Å². The molecule has 0 spiro atoms. The monoisotopic (exact) mass is 1450 g/mol. The van der Waals surface area contributed by atoms with Gasteiger partial charge in [-0.05, 0) is 31.6 Å². The van der Waals surface area contributed by atoms with Crippen LogP contribution in [0, 0.1) is 5.92 Å². The summed E-state index contributed by atoms with van der Waals surface area (Å²) in [6.07, 6.45) is 64.0. The summed E-state index contributed by atoms with van der Waals surface area (Å²) in [4.78, 5) is 72.9. The second-order valence-corrected chi connectivity index (χ2v) is 32.2. The van der Waals surface area contributed by atoms with Crippen LogP contribution in [0.2, 0.25) is 0 Å². The highest BCUT2D eigenvalue weighted by molar-refractivity contribution is 7.47. The van der Waals surface area contributed by atoms with Crippen molar-refractivity contribution in [1.29, 1.82) is 0 Å². The van der Waals surface area contributed by atoms with Crippen molar-refractivity contribution in [3.8, 4) is 0 Å². The number of carbonyl (C=O) groups is 4. The number of phosphoric ester groups is 2. The van der Waals surface area contributed by atoms with Crippen molar-refractivity contribution in [1.82, 2.24) is 0 Å². The van der Waals surface area contributed by atoms with Crippen LogP contribution in [0.4, 0.5) is 0 Å². The fourth-order valence-electron chi connectivity index (χ4n) is 12.4. The van der Waals surface area contributed by atoms with Gasteiger partial charge in [-0.1, -0.05) is 375 Å². The van der Waals surface area contributed by atoms with Crippen LogP contribution in [0.15, 0.2) is 0 Å². The normalized spacial score (nSPS) is 13.9. The summed E-state index contributed by atoms with van der Waals surface area (Å²) < 4.78 is 68.6. The van der Waals surface area contributed by atoms with E-state index in [1.54, 1.807) is 0 Å². The molecule has 0 amide bonds. The molecule has 0 heterocycles. The number of rotatable bonds is 80. The van der Waals surface area contributed by atoms with Crippen LogP contribution < -0.4 is 0 Å². The Kier molecular flexibility index (Phi) is 71.6. The van der Waals surface area contributed by atoms with Crippen LogP contribution in [0.5, 0.6) is 0 Å². The van der Waals surface area contributed by atoms with E-state index in [4.69, 9.17) is 37.0 Å². The molecule has 19 heteroatoms. The third-order valence-corrected chi connectivity index (χ3v) is 20.7. The molecule has 17 nitrogen and oxygen atoms in total. The zero-order valence-electron chi connectivity index (χ0n) is 64.6. The molecule has 5 atom stereocenters. The van der Waals surface area contributed by atoms with Crippen molar-refractivity contribution >= 4 is 39.5 Å². The quantitative estimate of drug-likeness (QED) is 0.0222. The first kappa shape index (κ1) is 97.1. The molecule has 0 aliphatic heterocycles. The highest BCUT2D eigenvalue weighted by atomic mass is 31.2. The van der Waals surface area contributed by atoms with Gasteiger partial charge in [0.1, 0.15) is 19.3 Å². The van der Waals surface area contributed by atoms with Crippen molar-refractivity contribution in [3.63, 3.8) is 0 Å². The Morgan fingerprint density at radius 1 is 0.273 bits per heavy atom. The number of phosphoric acid groups is 2. The molecule has 0 aromatic carbocycles. The molecule has 0 fully saturated rings. The fourth-order valence-corrected chi connectivity index (χ4v) is 14.0. The van der Waals surface area contributed by atoms with E-state index < -0.39 is 97.5 Å². The van der Waals surface area contributed by atoms with Crippen LogP contribution in [-0.2, 0) is 65.4 Å². The molecule has 0 aliphatic rings. The van der Waals surface area contributed by atoms with Gasteiger partial charge in [-0.25, -0.2) is 9.13 Å². The summed E-state index contributed by atoms with van der Waals surface area (Å²) in [7, 11) is -9.91. The lowest BCUT2D eigenvalue weighted by atomic mass is 10.0. The van der Waals surface area contributed by atoms with Gasteiger partial charge in [-0.3, -0.25) is 37.3 Å². The summed E-state index contributed by atoms with van der Waals surface area (Å²) in [5.74, 6) is -1.39. The average molecular weight is 1450 g/mol. The Morgan fingerprint density at radius 2 is 0.465 bits per heavy atom. The fraction of sp³-hybridized carbons (Fsp3) is 0.950. The van der Waals surface area contributed by atoms with Gasteiger partial charge < -0.3 is 33.8 Å². The molecule has 0 aromatic rings. The first-order valence-electron chi connectivity index (χ1n) is 41.6. The molecule has 99 heavy (non-hydrogen) atoms. The molecule has 2 unspecified atom stereocenters. The standard InChI is InChI=1S/C80H156O17P2/c1-6-9-12-15-18-21-24-26-28-30-31-32-33-34-35-37-39-41-44-50-55-60-65-79(84)96-75(69-91-78(83)64-59-54-49-43-40-38-36-29-27-25-22-19-16-13-10-7-2)71-94-98(86,87)92-67-74(81)68-93-99(88,89)95-72-76(70-90-77(82)63-58-53-48-42-23-20-17-14-11-8-3)97-80(85)66-61-56-51-46-45-47-52-57-62-73(4)5/h73-76,81H,6-72H2,1-5H3,(H,86,87)(H,88,89)/t74-,75-,76-/m1/s1. The minimum atomic E-state index is -4.96. The minimum absolute atomic E-state index is 0.105. The maximum Gasteiger partial charge on any atom is 0.472 e. The number of aliphatic hydroxyl groups excluding tert-OH is 1. The van der Waals surface area contributed by atoms with E-state index in [1.807, 2.05) is 0 Å². The Morgan fingerprint density at radius 3 is 0.687 bits per heavy atom. The van der Waals surface area contributed by atoms with Crippen LogP contribution in [-0.4, -0.2) is 96.7 Å². The lowest BCUT2D eigenvalue weighted by Gasteiger charge is -2.21. The average Bonchev–Trinajstić information content (AvgIpc) is 1.21. The molecule has 588 valence electrons. The van der Waals surface area contributed by atoms with Gasteiger partial charge in [-0.15, -0.1) is 0 Å². The van der Waals surface area contributed by atoms with Gasteiger partial charge in [0.2, 0.25) is 0 Å². The van der Waals surface area contributed by atoms with E-state index in [0.29, 0.717) is 25.7 Å². The lowest BCUT2D eigenvalue weighted by molar-refractivity contribution is -0.161.